The molecule has 2 aliphatic rings. The van der Waals surface area contributed by atoms with Crippen LogP contribution >= 0.6 is 11.6 Å². The maximum atomic E-state index is 13.0. The molecule has 0 spiro atoms. The molecule has 4 rings (SSSR count). The number of fused-ring (bicyclic) bond motifs is 4. The summed E-state index contributed by atoms with van der Waals surface area (Å²) in [6, 6.07) is 6.43. The van der Waals surface area contributed by atoms with Crippen molar-refractivity contribution >= 4 is 23.1 Å². The van der Waals surface area contributed by atoms with Gasteiger partial charge in [-0.2, -0.15) is 8.78 Å². The van der Waals surface area contributed by atoms with Crippen molar-refractivity contribution in [2.75, 3.05) is 7.05 Å². The van der Waals surface area contributed by atoms with Crippen LogP contribution in [-0.4, -0.2) is 40.4 Å². The van der Waals surface area contributed by atoms with Crippen LogP contribution in [0.4, 0.5) is 8.78 Å². The molecule has 2 atom stereocenters. The molecule has 29 heavy (non-hydrogen) atoms. The second-order valence-corrected chi connectivity index (χ2v) is 7.17. The number of alkyl halides is 2. The molecule has 0 unspecified atom stereocenters. The number of halogens is 3. The predicted octanol–water partition coefficient (Wildman–Crippen LogP) is 3.97. The van der Waals surface area contributed by atoms with E-state index in [-0.39, 0.29) is 40.3 Å². The van der Waals surface area contributed by atoms with E-state index in [1.54, 1.807) is 0 Å². The highest BCUT2D eigenvalue weighted by Gasteiger charge is 2.50. The molecular weight excluding hydrogens is 408 g/mol. The zero-order valence-electron chi connectivity index (χ0n) is 15.0. The quantitative estimate of drug-likeness (QED) is 0.551. The fourth-order valence-electron chi connectivity index (χ4n) is 4.12. The summed E-state index contributed by atoms with van der Waals surface area (Å²) in [6.07, 6.45) is 1.56. The van der Waals surface area contributed by atoms with E-state index in [1.165, 1.54) is 48.5 Å². The zero-order valence-corrected chi connectivity index (χ0v) is 15.8. The predicted molar refractivity (Wildman–Crippen MR) is 99.5 cm³/mol. The summed E-state index contributed by atoms with van der Waals surface area (Å²) in [6.45, 7) is -3.11. The monoisotopic (exact) mass is 421 g/mol. The van der Waals surface area contributed by atoms with Crippen LogP contribution in [0.25, 0.3) is 5.57 Å². The molecule has 1 aliphatic heterocycles. The van der Waals surface area contributed by atoms with E-state index in [0.717, 1.165) is 0 Å². The maximum Gasteiger partial charge on any atom is 0.387 e. The maximum absolute atomic E-state index is 13.0. The third kappa shape index (κ3) is 3.11. The van der Waals surface area contributed by atoms with Crippen molar-refractivity contribution in [2.45, 2.75) is 25.0 Å². The Labute approximate surface area is 168 Å². The second-order valence-electron chi connectivity index (χ2n) is 6.73. The van der Waals surface area contributed by atoms with E-state index in [1.807, 2.05) is 0 Å². The van der Waals surface area contributed by atoms with E-state index in [0.29, 0.717) is 5.02 Å². The Morgan fingerprint density at radius 2 is 2.14 bits per heavy atom. The van der Waals surface area contributed by atoms with E-state index in [2.05, 4.69) is 9.72 Å². The average Bonchev–Trinajstić information content (AvgIpc) is 3.02. The van der Waals surface area contributed by atoms with Crippen molar-refractivity contribution in [2.24, 2.45) is 0 Å². The Morgan fingerprint density at radius 3 is 2.79 bits per heavy atom. The third-order valence-corrected chi connectivity index (χ3v) is 5.48. The number of aromatic nitrogens is 1. The molecule has 150 valence electrons. The number of carbonyl (C=O) groups is 1. The highest BCUT2D eigenvalue weighted by atomic mass is 35.5. The van der Waals surface area contributed by atoms with Crippen LogP contribution in [0.1, 0.15) is 34.0 Å². The summed E-state index contributed by atoms with van der Waals surface area (Å²) >= 11 is 6.06. The van der Waals surface area contributed by atoms with Gasteiger partial charge in [-0.25, -0.2) is 0 Å². The number of nitrogens with zero attached hydrogens (tertiary/aromatic N) is 3. The fourth-order valence-corrected chi connectivity index (χ4v) is 4.28. The average molecular weight is 422 g/mol. The minimum atomic E-state index is -3.11. The van der Waals surface area contributed by atoms with Gasteiger partial charge in [0.1, 0.15) is 11.8 Å². The number of ether oxygens (including phenoxy) is 1. The molecule has 0 saturated carbocycles. The van der Waals surface area contributed by atoms with Crippen LogP contribution in [0.15, 0.2) is 42.2 Å². The van der Waals surface area contributed by atoms with Gasteiger partial charge < -0.3 is 9.64 Å². The molecule has 0 fully saturated rings. The first-order valence-corrected chi connectivity index (χ1v) is 9.02. The van der Waals surface area contributed by atoms with Crippen LogP contribution in [0.2, 0.25) is 5.02 Å². The summed E-state index contributed by atoms with van der Waals surface area (Å²) in [5.41, 5.74) is 0.671. The lowest BCUT2D eigenvalue weighted by Gasteiger charge is -2.24. The molecule has 10 heteroatoms. The number of carbonyl (C=O) groups excluding carboxylic acids is 1. The number of allylic oxidation sites excluding steroid dienone is 1. The molecule has 2 aromatic rings. The molecule has 1 amide bonds. The Balaban J connectivity index is 2.03. The lowest BCUT2D eigenvalue weighted by atomic mass is 9.86. The first-order valence-electron chi connectivity index (χ1n) is 8.64. The summed E-state index contributed by atoms with van der Waals surface area (Å²) in [4.78, 5) is 29.8. The minimum absolute atomic E-state index is 0.151. The van der Waals surface area contributed by atoms with Gasteiger partial charge in [-0.05, 0) is 30.7 Å². The summed E-state index contributed by atoms with van der Waals surface area (Å²) in [7, 11) is 1.46. The van der Waals surface area contributed by atoms with Gasteiger partial charge in [0.05, 0.1) is 16.2 Å². The van der Waals surface area contributed by atoms with Gasteiger partial charge in [0, 0.05) is 35.3 Å². The molecular formula is C19H14ClF2N3O4. The Bertz CT molecular complexity index is 1060. The van der Waals surface area contributed by atoms with Gasteiger partial charge in [0.25, 0.3) is 11.6 Å². The molecule has 1 aliphatic carbocycles. The van der Waals surface area contributed by atoms with Gasteiger partial charge in [-0.1, -0.05) is 17.7 Å². The number of hydrogen-bond acceptors (Lipinski definition) is 5. The van der Waals surface area contributed by atoms with Crippen molar-refractivity contribution in [3.05, 3.63) is 74.2 Å². The van der Waals surface area contributed by atoms with Crippen molar-refractivity contribution in [3.63, 3.8) is 0 Å². The van der Waals surface area contributed by atoms with Crippen molar-refractivity contribution in [1.29, 1.82) is 0 Å². The first-order chi connectivity index (χ1) is 13.8. The van der Waals surface area contributed by atoms with Crippen molar-refractivity contribution < 1.29 is 23.2 Å². The number of pyridine rings is 1. The molecule has 2 heterocycles. The first kappa shape index (κ1) is 19.3. The number of likely N-dealkylation sites (N-methyl/N-ethyl adjacent to an activating group) is 1. The normalized spacial score (nSPS) is 20.7. The van der Waals surface area contributed by atoms with Crippen molar-refractivity contribution in [1.82, 2.24) is 9.88 Å². The Hall–Kier alpha value is -3.07. The van der Waals surface area contributed by atoms with Crippen molar-refractivity contribution in [3.8, 4) is 5.75 Å². The topological polar surface area (TPSA) is 85.6 Å². The molecule has 0 radical (unpaired) electrons. The third-order valence-electron chi connectivity index (χ3n) is 5.24. The van der Waals surface area contributed by atoms with Crippen LogP contribution in [0.3, 0.4) is 0 Å². The largest absolute Gasteiger partial charge is 0.434 e. The van der Waals surface area contributed by atoms with Crippen LogP contribution in [0.5, 0.6) is 5.75 Å². The zero-order chi connectivity index (χ0) is 20.9. The van der Waals surface area contributed by atoms with E-state index in [9.17, 15) is 23.7 Å². The molecule has 2 bridgehead atoms. The van der Waals surface area contributed by atoms with Crippen LogP contribution in [0, 0.1) is 10.1 Å². The SMILES string of the molecule is CN1C(=O)c2cccc(OC(F)F)c2[C@H]2C[C@@H]1C([N+](=O)[O-])=C2c1cc(Cl)ccn1. The van der Waals surface area contributed by atoms with Gasteiger partial charge in [0.15, 0.2) is 0 Å². The van der Waals surface area contributed by atoms with Gasteiger partial charge >= 0.3 is 6.61 Å². The number of nitro groups is 1. The standard InChI is InChI=1S/C19H14ClF2N3O4/c1-24-13-8-11(15-10(18(24)26)3-2-4-14(15)29-19(21)22)16(17(13)25(27)28)12-7-9(20)5-6-23-12/h2-7,11,13,19H,8H2,1H3/t11-,13-/m1/s1. The van der Waals surface area contributed by atoms with Gasteiger partial charge in [0.2, 0.25) is 0 Å². The second kappa shape index (κ2) is 7.07. The summed E-state index contributed by atoms with van der Waals surface area (Å²) < 4.78 is 30.7. The number of benzene rings is 1. The summed E-state index contributed by atoms with van der Waals surface area (Å²) in [5, 5.41) is 12.3. The van der Waals surface area contributed by atoms with E-state index >= 15 is 0 Å². The van der Waals surface area contributed by atoms with E-state index < -0.39 is 29.4 Å². The fraction of sp³-hybridized carbons (Fsp3) is 0.263. The molecule has 0 saturated heterocycles. The Morgan fingerprint density at radius 1 is 1.38 bits per heavy atom. The summed E-state index contributed by atoms with van der Waals surface area (Å²) in [5.74, 6) is -1.41. The van der Waals surface area contributed by atoms with Gasteiger partial charge in [-0.15, -0.1) is 0 Å². The Kier molecular flexibility index (Phi) is 4.70. The minimum Gasteiger partial charge on any atom is -0.434 e. The van der Waals surface area contributed by atoms with Crippen LogP contribution < -0.4 is 4.74 Å². The van der Waals surface area contributed by atoms with E-state index in [4.69, 9.17) is 11.6 Å². The lowest BCUT2D eigenvalue weighted by Crippen LogP contribution is -2.38. The highest BCUT2D eigenvalue weighted by molar-refractivity contribution is 6.30. The molecule has 1 aromatic carbocycles. The number of hydrogen-bond donors (Lipinski definition) is 0. The highest BCUT2D eigenvalue weighted by Crippen LogP contribution is 2.52. The number of amides is 1. The van der Waals surface area contributed by atoms with Crippen LogP contribution in [-0.2, 0) is 0 Å². The van der Waals surface area contributed by atoms with Gasteiger partial charge in [-0.3, -0.25) is 19.9 Å². The molecule has 1 aromatic heterocycles. The molecule has 0 N–H and O–H groups in total. The molecule has 7 nitrogen and oxygen atoms in total. The lowest BCUT2D eigenvalue weighted by molar-refractivity contribution is -0.430. The smallest absolute Gasteiger partial charge is 0.387 e. The number of rotatable bonds is 4.